The highest BCUT2D eigenvalue weighted by molar-refractivity contribution is 6.08. The lowest BCUT2D eigenvalue weighted by Crippen LogP contribution is -2.45. The van der Waals surface area contributed by atoms with Crippen molar-refractivity contribution in [2.24, 2.45) is 0 Å². The van der Waals surface area contributed by atoms with Crippen molar-refractivity contribution in [2.45, 2.75) is 6.10 Å². The molecule has 0 N–H and O–H groups in total. The van der Waals surface area contributed by atoms with Gasteiger partial charge in [-0.25, -0.2) is 4.79 Å². The van der Waals surface area contributed by atoms with Crippen LogP contribution in [0, 0.1) is 0 Å². The summed E-state index contributed by atoms with van der Waals surface area (Å²) in [4.78, 5) is 40.7. The van der Waals surface area contributed by atoms with E-state index >= 15 is 0 Å². The SMILES string of the molecule is O=C(OC1CN(C(=O)c2ccccc2)C(c2ccc(-c3ccccc3)cc2)=CC1=O)c1ccccc1. The normalized spacial score (nSPS) is 15.2. The van der Waals surface area contributed by atoms with Gasteiger partial charge in [-0.3, -0.25) is 9.59 Å². The molecule has 1 aliphatic rings. The third-order valence-corrected chi connectivity index (χ3v) is 6.05. The van der Waals surface area contributed by atoms with Crippen molar-refractivity contribution in [3.05, 3.63) is 138 Å². The topological polar surface area (TPSA) is 63.7 Å². The van der Waals surface area contributed by atoms with Gasteiger partial charge in [-0.05, 0) is 41.0 Å². The molecule has 1 aliphatic heterocycles. The maximum Gasteiger partial charge on any atom is 0.338 e. The van der Waals surface area contributed by atoms with Crippen LogP contribution in [0.25, 0.3) is 16.8 Å². The second kappa shape index (κ2) is 10.2. The summed E-state index contributed by atoms with van der Waals surface area (Å²) in [5.74, 6) is -1.24. The lowest BCUT2D eigenvalue weighted by Gasteiger charge is -2.32. The number of esters is 1. The molecule has 5 rings (SSSR count). The Morgan fingerprint density at radius 3 is 1.75 bits per heavy atom. The molecule has 1 unspecified atom stereocenters. The Bertz CT molecular complexity index is 1410. The molecule has 0 spiro atoms. The summed E-state index contributed by atoms with van der Waals surface area (Å²) in [6.07, 6.45) is 0.294. The fourth-order valence-corrected chi connectivity index (χ4v) is 4.16. The van der Waals surface area contributed by atoms with Crippen molar-refractivity contribution in [2.75, 3.05) is 6.54 Å². The van der Waals surface area contributed by atoms with Crippen LogP contribution in [0.4, 0.5) is 0 Å². The zero-order valence-corrected chi connectivity index (χ0v) is 19.4. The van der Waals surface area contributed by atoms with Gasteiger partial charge in [0.05, 0.1) is 17.8 Å². The fourth-order valence-electron chi connectivity index (χ4n) is 4.16. The van der Waals surface area contributed by atoms with E-state index in [1.807, 2.05) is 60.7 Å². The van der Waals surface area contributed by atoms with E-state index < -0.39 is 12.1 Å². The quantitative estimate of drug-likeness (QED) is 0.352. The van der Waals surface area contributed by atoms with Gasteiger partial charge in [0.2, 0.25) is 0 Å². The number of amides is 1. The smallest absolute Gasteiger partial charge is 0.338 e. The van der Waals surface area contributed by atoms with Crippen LogP contribution in [0.5, 0.6) is 0 Å². The Labute approximate surface area is 209 Å². The monoisotopic (exact) mass is 473 g/mol. The fraction of sp³-hybridized carbons (Fsp3) is 0.0645. The molecule has 1 heterocycles. The highest BCUT2D eigenvalue weighted by Crippen LogP contribution is 2.29. The Morgan fingerprint density at radius 2 is 1.14 bits per heavy atom. The Morgan fingerprint density at radius 1 is 0.639 bits per heavy atom. The molecular weight excluding hydrogens is 450 g/mol. The first-order valence-electron chi connectivity index (χ1n) is 11.6. The number of carbonyl (C=O) groups is 3. The molecule has 0 fully saturated rings. The van der Waals surface area contributed by atoms with Crippen LogP contribution in [-0.4, -0.2) is 35.2 Å². The summed E-state index contributed by atoms with van der Waals surface area (Å²) in [5, 5.41) is 0. The highest BCUT2D eigenvalue weighted by atomic mass is 16.5. The number of ether oxygens (including phenoxy) is 1. The van der Waals surface area contributed by atoms with Gasteiger partial charge in [0.15, 0.2) is 11.9 Å². The molecule has 1 amide bonds. The van der Waals surface area contributed by atoms with Crippen LogP contribution in [0.15, 0.2) is 121 Å². The largest absolute Gasteiger partial charge is 0.448 e. The van der Waals surface area contributed by atoms with Crippen LogP contribution in [0.1, 0.15) is 26.3 Å². The first-order valence-corrected chi connectivity index (χ1v) is 11.6. The molecule has 0 saturated heterocycles. The van der Waals surface area contributed by atoms with E-state index in [1.165, 1.54) is 11.0 Å². The third kappa shape index (κ3) is 4.86. The minimum absolute atomic E-state index is 0.0720. The first-order chi connectivity index (χ1) is 17.6. The van der Waals surface area contributed by atoms with E-state index in [-0.39, 0.29) is 18.2 Å². The molecular formula is C31H23NO4. The molecule has 0 bridgehead atoms. The molecule has 0 aromatic heterocycles. The van der Waals surface area contributed by atoms with Crippen LogP contribution in [-0.2, 0) is 9.53 Å². The Hall–Kier alpha value is -4.77. The minimum atomic E-state index is -1.10. The standard InChI is InChI=1S/C31H23NO4/c33-28-20-27(24-18-16-23(17-19-24)22-10-4-1-5-11-22)32(30(34)25-12-6-2-7-13-25)21-29(28)36-31(35)26-14-8-3-9-15-26/h1-20,29H,21H2. The van der Waals surface area contributed by atoms with Crippen LogP contribution in [0.3, 0.4) is 0 Å². The number of benzene rings is 4. The number of nitrogens with zero attached hydrogens (tertiary/aromatic N) is 1. The average molecular weight is 474 g/mol. The zero-order chi connectivity index (χ0) is 24.9. The van der Waals surface area contributed by atoms with Gasteiger partial charge in [0.25, 0.3) is 5.91 Å². The van der Waals surface area contributed by atoms with Crippen molar-refractivity contribution in [3.63, 3.8) is 0 Å². The van der Waals surface area contributed by atoms with Gasteiger partial charge >= 0.3 is 5.97 Å². The maximum absolute atomic E-state index is 13.5. The summed E-state index contributed by atoms with van der Waals surface area (Å²) in [5.41, 5.74) is 4.12. The molecule has 5 heteroatoms. The van der Waals surface area contributed by atoms with Gasteiger partial charge in [-0.1, -0.05) is 91.0 Å². The van der Waals surface area contributed by atoms with E-state index in [4.69, 9.17) is 4.74 Å². The molecule has 1 atom stereocenters. The average Bonchev–Trinajstić information content (AvgIpc) is 2.95. The predicted molar refractivity (Wildman–Crippen MR) is 138 cm³/mol. The van der Waals surface area contributed by atoms with Crippen molar-refractivity contribution >= 4 is 23.4 Å². The predicted octanol–water partition coefficient (Wildman–Crippen LogP) is 5.65. The summed E-state index contributed by atoms with van der Waals surface area (Å²) in [7, 11) is 0. The van der Waals surface area contributed by atoms with Gasteiger partial charge in [0, 0.05) is 11.6 Å². The molecule has 0 aliphatic carbocycles. The highest BCUT2D eigenvalue weighted by Gasteiger charge is 2.35. The summed E-state index contributed by atoms with van der Waals surface area (Å²) in [6, 6.07) is 35.0. The van der Waals surface area contributed by atoms with E-state index in [1.54, 1.807) is 54.6 Å². The number of rotatable bonds is 5. The van der Waals surface area contributed by atoms with E-state index in [0.29, 0.717) is 16.8 Å². The van der Waals surface area contributed by atoms with Gasteiger partial charge in [0.1, 0.15) is 0 Å². The molecule has 0 saturated carbocycles. The van der Waals surface area contributed by atoms with Crippen LogP contribution < -0.4 is 0 Å². The minimum Gasteiger partial charge on any atom is -0.448 e. The lowest BCUT2D eigenvalue weighted by molar-refractivity contribution is -0.123. The molecule has 36 heavy (non-hydrogen) atoms. The van der Waals surface area contributed by atoms with Gasteiger partial charge in [-0.15, -0.1) is 0 Å². The summed E-state index contributed by atoms with van der Waals surface area (Å²) < 4.78 is 5.54. The molecule has 5 nitrogen and oxygen atoms in total. The maximum atomic E-state index is 13.5. The molecule has 4 aromatic carbocycles. The zero-order valence-electron chi connectivity index (χ0n) is 19.4. The third-order valence-electron chi connectivity index (χ3n) is 6.05. The second-order valence-electron chi connectivity index (χ2n) is 8.42. The molecule has 176 valence electrons. The van der Waals surface area contributed by atoms with Crippen molar-refractivity contribution in [1.82, 2.24) is 4.90 Å². The number of ketones is 1. The molecule has 0 radical (unpaired) electrons. The van der Waals surface area contributed by atoms with Crippen molar-refractivity contribution < 1.29 is 19.1 Å². The number of hydrogen-bond donors (Lipinski definition) is 0. The summed E-state index contributed by atoms with van der Waals surface area (Å²) >= 11 is 0. The molecule has 4 aromatic rings. The first kappa shape index (κ1) is 23.0. The van der Waals surface area contributed by atoms with Crippen LogP contribution >= 0.6 is 0 Å². The number of carbonyl (C=O) groups excluding carboxylic acids is 3. The second-order valence-corrected chi connectivity index (χ2v) is 8.42. The van der Waals surface area contributed by atoms with E-state index in [9.17, 15) is 14.4 Å². The van der Waals surface area contributed by atoms with Crippen molar-refractivity contribution in [3.8, 4) is 11.1 Å². The van der Waals surface area contributed by atoms with Crippen LogP contribution in [0.2, 0.25) is 0 Å². The Balaban J connectivity index is 1.47. The van der Waals surface area contributed by atoms with Gasteiger partial charge in [-0.2, -0.15) is 0 Å². The van der Waals surface area contributed by atoms with E-state index in [0.717, 1.165) is 16.7 Å². The van der Waals surface area contributed by atoms with Crippen molar-refractivity contribution in [1.29, 1.82) is 0 Å². The van der Waals surface area contributed by atoms with E-state index in [2.05, 4.69) is 0 Å². The summed E-state index contributed by atoms with van der Waals surface area (Å²) in [6.45, 7) is -0.0720. The van der Waals surface area contributed by atoms with Gasteiger partial charge < -0.3 is 9.64 Å². The Kier molecular flexibility index (Phi) is 6.54. The lowest BCUT2D eigenvalue weighted by atomic mass is 9.98. The number of hydrogen-bond acceptors (Lipinski definition) is 4.